The number of pyridine rings is 1. The third-order valence-electron chi connectivity index (χ3n) is 2.59. The standard InChI is InChI=1S/C11H9ClN2OS2/c12-7-1-2-9(13-5-7)14-6-8-10(11(14)15)17-4-3-16-8/h1-2,5H,3-4,6H2. The number of thioether (sulfide) groups is 2. The molecule has 1 aromatic rings. The van der Waals surface area contributed by atoms with Crippen LogP contribution >= 0.6 is 35.1 Å². The summed E-state index contributed by atoms with van der Waals surface area (Å²) in [6.45, 7) is 0.653. The van der Waals surface area contributed by atoms with E-state index < -0.39 is 0 Å². The van der Waals surface area contributed by atoms with Gasteiger partial charge in [-0.15, -0.1) is 23.5 Å². The van der Waals surface area contributed by atoms with Gasteiger partial charge in [-0.3, -0.25) is 9.69 Å². The van der Waals surface area contributed by atoms with Crippen LogP contribution in [0, 0.1) is 0 Å². The van der Waals surface area contributed by atoms with Crippen LogP contribution in [-0.4, -0.2) is 28.9 Å². The predicted octanol–water partition coefficient (Wildman–Crippen LogP) is 2.77. The smallest absolute Gasteiger partial charge is 0.267 e. The van der Waals surface area contributed by atoms with Crippen LogP contribution in [-0.2, 0) is 4.79 Å². The summed E-state index contributed by atoms with van der Waals surface area (Å²) in [4.78, 5) is 20.2. The lowest BCUT2D eigenvalue weighted by Crippen LogP contribution is -2.27. The molecule has 0 spiro atoms. The number of carbonyl (C=O) groups is 1. The van der Waals surface area contributed by atoms with Gasteiger partial charge in [0.15, 0.2) is 0 Å². The van der Waals surface area contributed by atoms with E-state index in [4.69, 9.17) is 11.6 Å². The van der Waals surface area contributed by atoms with Crippen molar-refractivity contribution in [1.82, 2.24) is 4.98 Å². The molecule has 0 saturated carbocycles. The molecule has 1 aromatic heterocycles. The number of anilines is 1. The molecule has 2 aliphatic heterocycles. The molecule has 2 aliphatic rings. The van der Waals surface area contributed by atoms with Crippen LogP contribution in [0.5, 0.6) is 0 Å². The molecule has 0 fully saturated rings. The highest BCUT2D eigenvalue weighted by Gasteiger charge is 2.34. The fourth-order valence-corrected chi connectivity index (χ4v) is 4.28. The van der Waals surface area contributed by atoms with Crippen molar-refractivity contribution in [2.75, 3.05) is 23.0 Å². The van der Waals surface area contributed by atoms with Crippen molar-refractivity contribution in [1.29, 1.82) is 0 Å². The van der Waals surface area contributed by atoms with E-state index in [0.717, 1.165) is 16.4 Å². The van der Waals surface area contributed by atoms with Crippen molar-refractivity contribution >= 4 is 46.8 Å². The van der Waals surface area contributed by atoms with E-state index in [9.17, 15) is 4.79 Å². The van der Waals surface area contributed by atoms with Crippen LogP contribution < -0.4 is 4.90 Å². The first-order valence-electron chi connectivity index (χ1n) is 5.18. The summed E-state index contributed by atoms with van der Waals surface area (Å²) in [5.74, 6) is 2.84. The number of aromatic nitrogens is 1. The van der Waals surface area contributed by atoms with Crippen LogP contribution in [0.4, 0.5) is 5.82 Å². The highest BCUT2D eigenvalue weighted by Crippen LogP contribution is 2.40. The molecule has 17 heavy (non-hydrogen) atoms. The Bertz CT molecular complexity index is 501. The number of nitrogens with zero attached hydrogens (tertiary/aromatic N) is 2. The summed E-state index contributed by atoms with van der Waals surface area (Å²) >= 11 is 9.23. The first-order chi connectivity index (χ1) is 8.25. The summed E-state index contributed by atoms with van der Waals surface area (Å²) in [7, 11) is 0. The summed E-state index contributed by atoms with van der Waals surface area (Å²) in [6.07, 6.45) is 1.57. The second-order valence-electron chi connectivity index (χ2n) is 3.68. The van der Waals surface area contributed by atoms with Crippen molar-refractivity contribution in [3.63, 3.8) is 0 Å². The topological polar surface area (TPSA) is 33.2 Å². The molecule has 3 rings (SSSR count). The van der Waals surface area contributed by atoms with E-state index in [1.807, 2.05) is 0 Å². The highest BCUT2D eigenvalue weighted by atomic mass is 35.5. The van der Waals surface area contributed by atoms with Gasteiger partial charge in [0.1, 0.15) is 5.82 Å². The van der Waals surface area contributed by atoms with Gasteiger partial charge in [0, 0.05) is 22.6 Å². The van der Waals surface area contributed by atoms with E-state index >= 15 is 0 Å². The molecule has 6 heteroatoms. The van der Waals surface area contributed by atoms with Crippen molar-refractivity contribution in [3.8, 4) is 0 Å². The minimum atomic E-state index is 0.0759. The van der Waals surface area contributed by atoms with E-state index in [1.165, 1.54) is 4.91 Å². The number of halogens is 1. The zero-order valence-electron chi connectivity index (χ0n) is 8.85. The molecule has 88 valence electrons. The maximum absolute atomic E-state index is 12.2. The minimum absolute atomic E-state index is 0.0759. The SMILES string of the molecule is O=C1C2=C(CN1c1ccc(Cl)cn1)SCCS2. The monoisotopic (exact) mass is 284 g/mol. The summed E-state index contributed by atoms with van der Waals surface area (Å²) in [6, 6.07) is 3.54. The van der Waals surface area contributed by atoms with Gasteiger partial charge < -0.3 is 0 Å². The molecule has 0 aliphatic carbocycles. The lowest BCUT2D eigenvalue weighted by atomic mass is 10.4. The fourth-order valence-electron chi connectivity index (χ4n) is 1.80. The second-order valence-corrected chi connectivity index (χ2v) is 6.41. The van der Waals surface area contributed by atoms with Gasteiger partial charge in [0.2, 0.25) is 0 Å². The molecule has 3 heterocycles. The summed E-state index contributed by atoms with van der Waals surface area (Å²) < 4.78 is 0. The Labute approximate surface area is 113 Å². The van der Waals surface area contributed by atoms with Crippen LogP contribution in [0.25, 0.3) is 0 Å². The Morgan fingerprint density at radius 3 is 2.82 bits per heavy atom. The van der Waals surface area contributed by atoms with Gasteiger partial charge in [0.25, 0.3) is 5.91 Å². The fraction of sp³-hybridized carbons (Fsp3) is 0.273. The molecule has 0 unspecified atom stereocenters. The van der Waals surface area contributed by atoms with Crippen molar-refractivity contribution < 1.29 is 4.79 Å². The van der Waals surface area contributed by atoms with Crippen molar-refractivity contribution in [2.45, 2.75) is 0 Å². The van der Waals surface area contributed by atoms with Crippen LogP contribution in [0.3, 0.4) is 0 Å². The van der Waals surface area contributed by atoms with Gasteiger partial charge in [0.05, 0.1) is 16.5 Å². The molecular weight excluding hydrogens is 276 g/mol. The maximum Gasteiger partial charge on any atom is 0.267 e. The third kappa shape index (κ3) is 2.07. The number of amides is 1. The molecule has 0 N–H and O–H groups in total. The largest absolute Gasteiger partial charge is 0.287 e. The number of hydrogen-bond acceptors (Lipinski definition) is 4. The van der Waals surface area contributed by atoms with E-state index in [2.05, 4.69) is 4.98 Å². The second kappa shape index (κ2) is 4.55. The van der Waals surface area contributed by atoms with Gasteiger partial charge >= 0.3 is 0 Å². The molecule has 1 amide bonds. The average molecular weight is 285 g/mol. The lowest BCUT2D eigenvalue weighted by Gasteiger charge is -2.14. The quantitative estimate of drug-likeness (QED) is 0.794. The predicted molar refractivity (Wildman–Crippen MR) is 73.5 cm³/mol. The normalized spacial score (nSPS) is 19.8. The Morgan fingerprint density at radius 1 is 1.29 bits per heavy atom. The molecule has 0 saturated heterocycles. The van der Waals surface area contributed by atoms with Crippen molar-refractivity contribution in [3.05, 3.63) is 33.2 Å². The molecule has 0 aromatic carbocycles. The zero-order valence-corrected chi connectivity index (χ0v) is 11.2. The number of rotatable bonds is 1. The minimum Gasteiger partial charge on any atom is -0.287 e. The number of carbonyl (C=O) groups excluding carboxylic acids is 1. The average Bonchev–Trinajstić information content (AvgIpc) is 2.69. The van der Waals surface area contributed by atoms with Gasteiger partial charge in [-0.25, -0.2) is 4.98 Å². The Morgan fingerprint density at radius 2 is 2.12 bits per heavy atom. The Kier molecular flexibility index (Phi) is 3.06. The molecule has 0 radical (unpaired) electrons. The van der Waals surface area contributed by atoms with Crippen molar-refractivity contribution in [2.24, 2.45) is 0 Å². The summed E-state index contributed by atoms with van der Waals surface area (Å²) in [5.41, 5.74) is 0. The number of hydrogen-bond donors (Lipinski definition) is 0. The van der Waals surface area contributed by atoms with Gasteiger partial charge in [-0.05, 0) is 12.1 Å². The first kappa shape index (κ1) is 11.4. The van der Waals surface area contributed by atoms with E-state index in [1.54, 1.807) is 46.8 Å². The lowest BCUT2D eigenvalue weighted by molar-refractivity contribution is -0.113. The molecule has 0 bridgehead atoms. The van der Waals surface area contributed by atoms with Crippen LogP contribution in [0.15, 0.2) is 28.1 Å². The zero-order chi connectivity index (χ0) is 11.8. The molecule has 0 atom stereocenters. The van der Waals surface area contributed by atoms with Gasteiger partial charge in [-0.1, -0.05) is 11.6 Å². The first-order valence-corrected chi connectivity index (χ1v) is 7.53. The Balaban J connectivity index is 1.88. The highest BCUT2D eigenvalue weighted by molar-refractivity contribution is 8.10. The summed E-state index contributed by atoms with van der Waals surface area (Å²) in [5, 5.41) is 0.585. The Hall–Kier alpha value is -0.650. The van der Waals surface area contributed by atoms with Gasteiger partial charge in [-0.2, -0.15) is 0 Å². The van der Waals surface area contributed by atoms with E-state index in [0.29, 0.717) is 17.4 Å². The van der Waals surface area contributed by atoms with Crippen LogP contribution in [0.1, 0.15) is 0 Å². The molecule has 3 nitrogen and oxygen atoms in total. The van der Waals surface area contributed by atoms with E-state index in [-0.39, 0.29) is 5.91 Å². The molecular formula is C11H9ClN2OS2. The van der Waals surface area contributed by atoms with Crippen LogP contribution in [0.2, 0.25) is 5.02 Å². The maximum atomic E-state index is 12.2. The third-order valence-corrected chi connectivity index (χ3v) is 5.41.